The van der Waals surface area contributed by atoms with Gasteiger partial charge in [-0.2, -0.15) is 5.10 Å². The summed E-state index contributed by atoms with van der Waals surface area (Å²) < 4.78 is 12.0. The number of hydrogen-bond acceptors (Lipinski definition) is 5. The lowest BCUT2D eigenvalue weighted by atomic mass is 9.95. The summed E-state index contributed by atoms with van der Waals surface area (Å²) in [6, 6.07) is 23.3. The molecule has 0 unspecified atom stereocenters. The van der Waals surface area contributed by atoms with Gasteiger partial charge in [-0.3, -0.25) is 0 Å². The van der Waals surface area contributed by atoms with Crippen molar-refractivity contribution in [2.24, 2.45) is 5.10 Å². The van der Waals surface area contributed by atoms with Gasteiger partial charge in [0.15, 0.2) is 11.5 Å². The van der Waals surface area contributed by atoms with E-state index < -0.39 is 0 Å². The topological polar surface area (TPSA) is 54.3 Å². The van der Waals surface area contributed by atoms with E-state index >= 15 is 0 Å². The molecule has 2 aliphatic rings. The Balaban J connectivity index is 1.64. The van der Waals surface area contributed by atoms with Crippen molar-refractivity contribution in [1.82, 2.24) is 5.01 Å². The highest BCUT2D eigenvalue weighted by Crippen LogP contribution is 2.50. The molecule has 2 atom stereocenters. The van der Waals surface area contributed by atoms with E-state index in [1.807, 2.05) is 65.7 Å². The van der Waals surface area contributed by atoms with Crippen LogP contribution in [0.3, 0.4) is 0 Å². The SMILES string of the molecule is COc1cccc2c1O[C@@H](c1ccccc1)N1N=C(c3ccccc3O)C[C@@H]21. The standard InChI is InChI=1S/C23H20N2O3/c1-27-21-13-7-11-17-19-14-18(16-10-5-6-12-20(16)26)24-25(19)23(28-22(17)21)15-8-3-2-4-9-15/h2-13,19,23,26H,14H2,1H3/t19-,23-/m0/s1. The zero-order valence-corrected chi connectivity index (χ0v) is 15.4. The number of phenols is 1. The molecule has 0 radical (unpaired) electrons. The summed E-state index contributed by atoms with van der Waals surface area (Å²) in [5, 5.41) is 17.2. The van der Waals surface area contributed by atoms with Gasteiger partial charge in [-0.15, -0.1) is 0 Å². The lowest BCUT2D eigenvalue weighted by Gasteiger charge is -2.38. The van der Waals surface area contributed by atoms with E-state index in [0.29, 0.717) is 12.2 Å². The summed E-state index contributed by atoms with van der Waals surface area (Å²) in [6.45, 7) is 0. The van der Waals surface area contributed by atoms with Gasteiger partial charge < -0.3 is 14.6 Å². The van der Waals surface area contributed by atoms with Crippen LogP contribution >= 0.6 is 0 Å². The highest BCUT2D eigenvalue weighted by atomic mass is 16.5. The van der Waals surface area contributed by atoms with E-state index in [-0.39, 0.29) is 18.0 Å². The zero-order valence-electron chi connectivity index (χ0n) is 15.4. The quantitative estimate of drug-likeness (QED) is 0.728. The highest BCUT2D eigenvalue weighted by Gasteiger charge is 2.42. The number of rotatable bonds is 3. The summed E-state index contributed by atoms with van der Waals surface area (Å²) in [4.78, 5) is 0. The van der Waals surface area contributed by atoms with Crippen LogP contribution in [0.2, 0.25) is 0 Å². The van der Waals surface area contributed by atoms with Crippen molar-refractivity contribution >= 4 is 5.71 Å². The van der Waals surface area contributed by atoms with E-state index in [9.17, 15) is 5.11 Å². The number of methoxy groups -OCH3 is 1. The molecule has 5 nitrogen and oxygen atoms in total. The molecular weight excluding hydrogens is 352 g/mol. The van der Waals surface area contributed by atoms with Gasteiger partial charge in [-0.05, 0) is 18.2 Å². The summed E-state index contributed by atoms with van der Waals surface area (Å²) in [5.74, 6) is 1.71. The number of nitrogens with zero attached hydrogens (tertiary/aromatic N) is 2. The predicted molar refractivity (Wildman–Crippen MR) is 107 cm³/mol. The molecule has 5 rings (SSSR count). The van der Waals surface area contributed by atoms with Crippen LogP contribution in [0.4, 0.5) is 0 Å². The van der Waals surface area contributed by atoms with E-state index in [2.05, 4.69) is 6.07 Å². The van der Waals surface area contributed by atoms with Gasteiger partial charge in [0.2, 0.25) is 6.23 Å². The van der Waals surface area contributed by atoms with Crippen LogP contribution in [0, 0.1) is 0 Å². The second kappa shape index (κ2) is 6.60. The molecule has 0 bridgehead atoms. The lowest BCUT2D eigenvalue weighted by Crippen LogP contribution is -2.33. The number of para-hydroxylation sites is 2. The Kier molecular flexibility index (Phi) is 3.93. The molecule has 1 N–H and O–H groups in total. The van der Waals surface area contributed by atoms with E-state index in [1.165, 1.54) is 0 Å². The molecule has 140 valence electrons. The molecule has 2 aliphatic heterocycles. The number of phenolic OH excluding ortho intramolecular Hbond substituents is 1. The first-order chi connectivity index (χ1) is 13.8. The molecule has 3 aromatic rings. The third-order valence-electron chi connectivity index (χ3n) is 5.30. The van der Waals surface area contributed by atoms with Gasteiger partial charge >= 0.3 is 0 Å². The van der Waals surface area contributed by atoms with Crippen LogP contribution in [0.1, 0.15) is 35.4 Å². The van der Waals surface area contributed by atoms with Crippen LogP contribution in [0.25, 0.3) is 0 Å². The molecule has 0 saturated carbocycles. The molecule has 0 aromatic heterocycles. The third kappa shape index (κ3) is 2.59. The van der Waals surface area contributed by atoms with Crippen LogP contribution in [0.5, 0.6) is 17.2 Å². The minimum absolute atomic E-state index is 0.0127. The average Bonchev–Trinajstić information content (AvgIpc) is 3.19. The zero-order chi connectivity index (χ0) is 19.1. The maximum atomic E-state index is 10.3. The Hall–Kier alpha value is -3.47. The first-order valence-corrected chi connectivity index (χ1v) is 9.29. The number of fused-ring (bicyclic) bond motifs is 3. The number of hydrogen-bond donors (Lipinski definition) is 1. The molecule has 2 heterocycles. The smallest absolute Gasteiger partial charge is 0.214 e. The fourth-order valence-electron chi connectivity index (χ4n) is 3.96. The van der Waals surface area contributed by atoms with Crippen molar-refractivity contribution in [3.63, 3.8) is 0 Å². The fourth-order valence-corrected chi connectivity index (χ4v) is 3.96. The van der Waals surface area contributed by atoms with Gasteiger partial charge in [0.25, 0.3) is 0 Å². The van der Waals surface area contributed by atoms with Gasteiger partial charge in [0.1, 0.15) is 5.75 Å². The Morgan fingerprint density at radius 3 is 2.57 bits per heavy atom. The molecule has 0 spiro atoms. The second-order valence-corrected chi connectivity index (χ2v) is 6.92. The van der Waals surface area contributed by atoms with Crippen molar-refractivity contribution in [2.45, 2.75) is 18.7 Å². The monoisotopic (exact) mass is 372 g/mol. The average molecular weight is 372 g/mol. The van der Waals surface area contributed by atoms with Crippen molar-refractivity contribution in [1.29, 1.82) is 0 Å². The van der Waals surface area contributed by atoms with Gasteiger partial charge in [0, 0.05) is 23.1 Å². The van der Waals surface area contributed by atoms with Gasteiger partial charge in [0.05, 0.1) is 18.9 Å². The number of aromatic hydroxyl groups is 1. The van der Waals surface area contributed by atoms with Crippen LogP contribution in [-0.4, -0.2) is 22.9 Å². The van der Waals surface area contributed by atoms with Gasteiger partial charge in [-0.25, -0.2) is 5.01 Å². The van der Waals surface area contributed by atoms with E-state index in [1.54, 1.807) is 13.2 Å². The summed E-state index contributed by atoms with van der Waals surface area (Å²) >= 11 is 0. The normalized spacial score (nSPS) is 20.0. The van der Waals surface area contributed by atoms with Crippen molar-refractivity contribution in [3.8, 4) is 17.2 Å². The largest absolute Gasteiger partial charge is 0.507 e. The van der Waals surface area contributed by atoms with E-state index in [4.69, 9.17) is 14.6 Å². The first kappa shape index (κ1) is 16.7. The fraction of sp³-hybridized carbons (Fsp3) is 0.174. The Labute approximate surface area is 163 Å². The van der Waals surface area contributed by atoms with Gasteiger partial charge in [-0.1, -0.05) is 54.6 Å². The van der Waals surface area contributed by atoms with Crippen LogP contribution < -0.4 is 9.47 Å². The maximum absolute atomic E-state index is 10.3. The molecule has 5 heteroatoms. The Morgan fingerprint density at radius 1 is 1.00 bits per heavy atom. The minimum Gasteiger partial charge on any atom is -0.507 e. The number of benzene rings is 3. The maximum Gasteiger partial charge on any atom is 0.214 e. The Bertz CT molecular complexity index is 1050. The molecule has 0 saturated heterocycles. The summed E-state index contributed by atoms with van der Waals surface area (Å²) in [7, 11) is 1.65. The minimum atomic E-state index is -0.363. The van der Waals surface area contributed by atoms with Crippen molar-refractivity contribution in [2.75, 3.05) is 7.11 Å². The number of hydrazone groups is 1. The number of ether oxygens (including phenoxy) is 2. The molecule has 3 aromatic carbocycles. The Morgan fingerprint density at radius 2 is 1.79 bits per heavy atom. The molecule has 0 amide bonds. The molecular formula is C23H20N2O3. The van der Waals surface area contributed by atoms with Crippen molar-refractivity contribution < 1.29 is 14.6 Å². The summed E-state index contributed by atoms with van der Waals surface area (Å²) in [6.07, 6.45) is 0.322. The molecule has 28 heavy (non-hydrogen) atoms. The lowest BCUT2D eigenvalue weighted by molar-refractivity contribution is -0.0209. The van der Waals surface area contributed by atoms with E-state index in [0.717, 1.165) is 28.2 Å². The second-order valence-electron chi connectivity index (χ2n) is 6.92. The highest BCUT2D eigenvalue weighted by molar-refractivity contribution is 6.04. The third-order valence-corrected chi connectivity index (χ3v) is 5.30. The molecule has 0 aliphatic carbocycles. The van der Waals surface area contributed by atoms with Crippen molar-refractivity contribution in [3.05, 3.63) is 89.5 Å². The van der Waals surface area contributed by atoms with Crippen LogP contribution in [0.15, 0.2) is 77.9 Å². The first-order valence-electron chi connectivity index (χ1n) is 9.29. The van der Waals surface area contributed by atoms with Crippen LogP contribution in [-0.2, 0) is 0 Å². The predicted octanol–water partition coefficient (Wildman–Crippen LogP) is 4.64. The molecule has 0 fully saturated rings. The summed E-state index contributed by atoms with van der Waals surface area (Å²) in [5.41, 5.74) is 3.67.